The molecular weight excluding hydrogens is 474 g/mol. The minimum Gasteiger partial charge on any atom is -0.353 e. The predicted octanol–water partition coefficient (Wildman–Crippen LogP) is 2.13. The molecule has 1 unspecified atom stereocenters. The van der Waals surface area contributed by atoms with Gasteiger partial charge in [0, 0.05) is 67.8 Å². The minimum atomic E-state index is -0.307. The van der Waals surface area contributed by atoms with Crippen LogP contribution in [0.4, 0.5) is 11.5 Å². The zero-order valence-corrected chi connectivity index (χ0v) is 18.9. The number of benzene rings is 1. The van der Waals surface area contributed by atoms with Crippen LogP contribution in [-0.2, 0) is 9.59 Å². The van der Waals surface area contributed by atoms with Gasteiger partial charge in [-0.25, -0.2) is 14.6 Å². The number of rotatable bonds is 4. The summed E-state index contributed by atoms with van der Waals surface area (Å²) in [5, 5.41) is 4.21. The first kappa shape index (κ1) is 20.6. The van der Waals surface area contributed by atoms with Gasteiger partial charge in [0.25, 0.3) is 0 Å². The van der Waals surface area contributed by atoms with E-state index in [0.29, 0.717) is 38.5 Å². The maximum absolute atomic E-state index is 13.1. The number of piperazine rings is 1. The summed E-state index contributed by atoms with van der Waals surface area (Å²) in [4.78, 5) is 40.1. The fourth-order valence-corrected chi connectivity index (χ4v) is 4.61. The number of amides is 2. The van der Waals surface area contributed by atoms with Gasteiger partial charge in [0.2, 0.25) is 11.8 Å². The number of anilines is 2. The van der Waals surface area contributed by atoms with E-state index < -0.39 is 0 Å². The van der Waals surface area contributed by atoms with Crippen LogP contribution >= 0.6 is 15.9 Å². The lowest BCUT2D eigenvalue weighted by molar-refractivity contribution is -0.136. The molecule has 4 heterocycles. The van der Waals surface area contributed by atoms with Gasteiger partial charge in [0.1, 0.15) is 12.1 Å². The molecule has 9 nitrogen and oxygen atoms in total. The van der Waals surface area contributed by atoms with E-state index in [-0.39, 0.29) is 24.2 Å². The van der Waals surface area contributed by atoms with Crippen molar-refractivity contribution in [2.75, 3.05) is 42.5 Å². The molecule has 32 heavy (non-hydrogen) atoms. The molecule has 0 radical (unpaired) electrons. The molecule has 1 atom stereocenters. The molecule has 10 heteroatoms. The monoisotopic (exact) mass is 495 g/mol. The first-order valence-electron chi connectivity index (χ1n) is 10.5. The molecule has 0 saturated carbocycles. The molecule has 0 spiro atoms. The van der Waals surface area contributed by atoms with Gasteiger partial charge >= 0.3 is 0 Å². The molecule has 0 N–H and O–H groups in total. The predicted molar refractivity (Wildman–Crippen MR) is 123 cm³/mol. The highest BCUT2D eigenvalue weighted by Crippen LogP contribution is 2.28. The van der Waals surface area contributed by atoms with Crippen molar-refractivity contribution in [3.05, 3.63) is 59.6 Å². The molecule has 2 amide bonds. The van der Waals surface area contributed by atoms with E-state index >= 15 is 0 Å². The number of hydrogen-bond donors (Lipinski definition) is 0. The number of carbonyl (C=O) groups is 2. The molecule has 3 aromatic rings. The number of hydrogen-bond acceptors (Lipinski definition) is 6. The molecular formula is C22H22BrN7O2. The third kappa shape index (κ3) is 4.10. The van der Waals surface area contributed by atoms with Crippen molar-refractivity contribution in [2.45, 2.75) is 6.42 Å². The second kappa shape index (κ2) is 8.70. The highest BCUT2D eigenvalue weighted by molar-refractivity contribution is 9.10. The molecule has 0 bridgehead atoms. The summed E-state index contributed by atoms with van der Waals surface area (Å²) in [7, 11) is 0. The molecule has 2 aliphatic heterocycles. The van der Waals surface area contributed by atoms with Gasteiger partial charge in [0.15, 0.2) is 5.82 Å². The van der Waals surface area contributed by atoms with E-state index in [9.17, 15) is 9.59 Å². The van der Waals surface area contributed by atoms with E-state index in [1.165, 1.54) is 6.33 Å². The van der Waals surface area contributed by atoms with Crippen LogP contribution in [0.15, 0.2) is 59.6 Å². The van der Waals surface area contributed by atoms with Crippen LogP contribution in [0.1, 0.15) is 6.42 Å². The summed E-state index contributed by atoms with van der Waals surface area (Å²) < 4.78 is 2.60. The zero-order valence-electron chi connectivity index (χ0n) is 17.3. The lowest BCUT2D eigenvalue weighted by Crippen LogP contribution is -2.51. The maximum Gasteiger partial charge on any atom is 0.228 e. The van der Waals surface area contributed by atoms with Crippen LogP contribution in [0.5, 0.6) is 0 Å². The average molecular weight is 496 g/mol. The summed E-state index contributed by atoms with van der Waals surface area (Å²) in [6, 6.07) is 11.4. The number of halogens is 1. The van der Waals surface area contributed by atoms with Crippen LogP contribution in [0, 0.1) is 5.92 Å². The Morgan fingerprint density at radius 3 is 2.59 bits per heavy atom. The van der Waals surface area contributed by atoms with Gasteiger partial charge in [-0.2, -0.15) is 5.10 Å². The topological polar surface area (TPSA) is 87.5 Å². The Morgan fingerprint density at radius 1 is 1.03 bits per heavy atom. The smallest absolute Gasteiger partial charge is 0.228 e. The van der Waals surface area contributed by atoms with Crippen molar-refractivity contribution in [3.8, 4) is 5.82 Å². The summed E-state index contributed by atoms with van der Waals surface area (Å²) in [6.45, 7) is 2.98. The first-order chi connectivity index (χ1) is 15.6. The average Bonchev–Trinajstić information content (AvgIpc) is 3.49. The van der Waals surface area contributed by atoms with Gasteiger partial charge in [-0.1, -0.05) is 22.0 Å². The summed E-state index contributed by atoms with van der Waals surface area (Å²) >= 11 is 3.44. The molecule has 2 fully saturated rings. The Bertz CT molecular complexity index is 1130. The standard InChI is InChI=1S/C22H22BrN7O2/c23-17-3-1-4-18(12-17)29-14-16(11-21(29)31)22(32)28-9-7-27(8-10-28)19-13-20(25-15-24-19)30-6-2-5-26-30/h1-6,12-13,15-16H,7-11,14H2. The SMILES string of the molecule is O=C(C1CC(=O)N(c2cccc(Br)c2)C1)N1CCN(c2cc(-n3cccn3)ncn2)CC1. The van der Waals surface area contributed by atoms with E-state index in [4.69, 9.17) is 0 Å². The fraction of sp³-hybridized carbons (Fsp3) is 0.318. The number of aromatic nitrogens is 4. The third-order valence-electron chi connectivity index (χ3n) is 5.89. The Balaban J connectivity index is 1.21. The lowest BCUT2D eigenvalue weighted by Gasteiger charge is -2.36. The van der Waals surface area contributed by atoms with E-state index in [1.54, 1.807) is 15.8 Å². The van der Waals surface area contributed by atoms with Gasteiger partial charge in [0.05, 0.1) is 5.92 Å². The largest absolute Gasteiger partial charge is 0.353 e. The Morgan fingerprint density at radius 2 is 1.84 bits per heavy atom. The van der Waals surface area contributed by atoms with Crippen LogP contribution in [-0.4, -0.2) is 69.2 Å². The normalized spacial score (nSPS) is 19.0. The Kier molecular flexibility index (Phi) is 5.60. The number of carbonyl (C=O) groups excluding carboxylic acids is 2. The van der Waals surface area contributed by atoms with Gasteiger partial charge in [-0.3, -0.25) is 9.59 Å². The highest BCUT2D eigenvalue weighted by atomic mass is 79.9. The van der Waals surface area contributed by atoms with E-state index in [2.05, 4.69) is 35.9 Å². The summed E-state index contributed by atoms with van der Waals surface area (Å²) in [5.41, 5.74) is 0.821. The number of nitrogens with zero attached hydrogens (tertiary/aromatic N) is 7. The van der Waals surface area contributed by atoms with Crippen LogP contribution in [0.3, 0.4) is 0 Å². The van der Waals surface area contributed by atoms with Gasteiger partial charge in [-0.15, -0.1) is 0 Å². The maximum atomic E-state index is 13.1. The third-order valence-corrected chi connectivity index (χ3v) is 6.38. The highest BCUT2D eigenvalue weighted by Gasteiger charge is 2.38. The quantitative estimate of drug-likeness (QED) is 0.550. The fourth-order valence-electron chi connectivity index (χ4n) is 4.22. The summed E-state index contributed by atoms with van der Waals surface area (Å²) in [6.07, 6.45) is 5.33. The minimum absolute atomic E-state index is 0.00720. The van der Waals surface area contributed by atoms with Crippen molar-refractivity contribution in [1.29, 1.82) is 0 Å². The first-order valence-corrected chi connectivity index (χ1v) is 11.3. The molecule has 0 aliphatic carbocycles. The second-order valence-electron chi connectivity index (χ2n) is 7.88. The van der Waals surface area contributed by atoms with E-state index in [0.717, 1.165) is 16.0 Å². The van der Waals surface area contributed by atoms with Crippen LogP contribution in [0.2, 0.25) is 0 Å². The Hall–Kier alpha value is -3.27. The van der Waals surface area contributed by atoms with Crippen molar-refractivity contribution in [1.82, 2.24) is 24.6 Å². The molecule has 1 aromatic carbocycles. The molecule has 5 rings (SSSR count). The van der Waals surface area contributed by atoms with Crippen molar-refractivity contribution in [3.63, 3.8) is 0 Å². The molecule has 2 aromatic heterocycles. The van der Waals surface area contributed by atoms with Gasteiger partial charge < -0.3 is 14.7 Å². The summed E-state index contributed by atoms with van der Waals surface area (Å²) in [5.74, 6) is 1.26. The van der Waals surface area contributed by atoms with Crippen molar-refractivity contribution >= 4 is 39.2 Å². The van der Waals surface area contributed by atoms with Gasteiger partial charge in [-0.05, 0) is 24.3 Å². The molecule has 2 saturated heterocycles. The van der Waals surface area contributed by atoms with Crippen molar-refractivity contribution in [2.24, 2.45) is 5.92 Å². The van der Waals surface area contributed by atoms with E-state index in [1.807, 2.05) is 47.5 Å². The Labute approximate surface area is 193 Å². The van der Waals surface area contributed by atoms with Crippen molar-refractivity contribution < 1.29 is 9.59 Å². The molecule has 2 aliphatic rings. The second-order valence-corrected chi connectivity index (χ2v) is 8.80. The van der Waals surface area contributed by atoms with Crippen LogP contribution in [0.25, 0.3) is 5.82 Å². The zero-order chi connectivity index (χ0) is 22.1. The lowest BCUT2D eigenvalue weighted by atomic mass is 10.1. The molecule has 164 valence electrons. The van der Waals surface area contributed by atoms with Crippen LogP contribution < -0.4 is 9.80 Å².